The number of nitrogens with one attached hydrogen (secondary N) is 1. The van der Waals surface area contributed by atoms with E-state index < -0.39 is 5.97 Å². The summed E-state index contributed by atoms with van der Waals surface area (Å²) in [5.74, 6) is 0.0236. The Morgan fingerprint density at radius 3 is 2.88 bits per heavy atom. The van der Waals surface area contributed by atoms with E-state index in [9.17, 15) is 4.79 Å². The van der Waals surface area contributed by atoms with Crippen molar-refractivity contribution in [3.8, 4) is 11.5 Å². The predicted octanol–water partition coefficient (Wildman–Crippen LogP) is 4.54. The quantitative estimate of drug-likeness (QED) is 0.468. The van der Waals surface area contributed by atoms with Crippen LogP contribution >= 0.6 is 0 Å². The number of benzene rings is 1. The van der Waals surface area contributed by atoms with Gasteiger partial charge in [-0.15, -0.1) is 0 Å². The van der Waals surface area contributed by atoms with E-state index in [0.717, 1.165) is 43.7 Å². The molecule has 0 aliphatic heterocycles. The molecule has 0 bridgehead atoms. The van der Waals surface area contributed by atoms with Crippen molar-refractivity contribution < 1.29 is 9.90 Å². The van der Waals surface area contributed by atoms with Gasteiger partial charge in [-0.05, 0) is 37.8 Å². The van der Waals surface area contributed by atoms with Crippen molar-refractivity contribution in [2.45, 2.75) is 39.2 Å². The zero-order chi connectivity index (χ0) is 17.6. The molecule has 0 unspecified atom stereocenters. The molecule has 0 aliphatic rings. The average Bonchev–Trinajstić information content (AvgIpc) is 3.21. The van der Waals surface area contributed by atoms with Crippen LogP contribution in [0.2, 0.25) is 0 Å². The summed E-state index contributed by atoms with van der Waals surface area (Å²) in [6.07, 6.45) is 10.5. The summed E-state index contributed by atoms with van der Waals surface area (Å²) in [4.78, 5) is 18.1. The van der Waals surface area contributed by atoms with Gasteiger partial charge in [-0.2, -0.15) is 0 Å². The van der Waals surface area contributed by atoms with Gasteiger partial charge >= 0.3 is 5.97 Å². The van der Waals surface area contributed by atoms with Crippen LogP contribution in [0.25, 0.3) is 22.4 Å². The highest BCUT2D eigenvalue weighted by Gasteiger charge is 2.16. The number of hydrogen-bond acceptors (Lipinski definition) is 2. The first-order chi connectivity index (χ1) is 12.2. The second-order valence-electron chi connectivity index (χ2n) is 6.17. The lowest BCUT2D eigenvalue weighted by atomic mass is 10.1. The Bertz CT molecular complexity index is 876. The van der Waals surface area contributed by atoms with Gasteiger partial charge in [0.1, 0.15) is 0 Å². The molecular weight excluding hydrogens is 314 g/mol. The molecule has 3 rings (SSSR count). The third-order valence-corrected chi connectivity index (χ3v) is 4.46. The molecule has 1 aromatic carbocycles. The molecule has 2 heterocycles. The van der Waals surface area contributed by atoms with Crippen LogP contribution in [-0.4, -0.2) is 25.6 Å². The van der Waals surface area contributed by atoms with Crippen LogP contribution in [0.4, 0.5) is 0 Å². The third kappa shape index (κ3) is 3.82. The van der Waals surface area contributed by atoms with Crippen molar-refractivity contribution in [2.75, 3.05) is 0 Å². The van der Waals surface area contributed by atoms with E-state index in [0.29, 0.717) is 0 Å². The number of nitrogens with zero attached hydrogens (tertiary/aromatic N) is 2. The molecule has 0 spiro atoms. The second-order valence-corrected chi connectivity index (χ2v) is 6.17. The zero-order valence-electron chi connectivity index (χ0n) is 14.4. The Hall–Kier alpha value is -2.82. The third-order valence-electron chi connectivity index (χ3n) is 4.46. The van der Waals surface area contributed by atoms with Crippen molar-refractivity contribution in [2.24, 2.45) is 0 Å². The molecule has 0 fully saturated rings. The van der Waals surface area contributed by atoms with Gasteiger partial charge in [0.2, 0.25) is 0 Å². The fraction of sp³-hybridized carbons (Fsp3) is 0.300. The predicted molar refractivity (Wildman–Crippen MR) is 99.5 cm³/mol. The highest BCUT2D eigenvalue weighted by Crippen LogP contribution is 2.31. The van der Waals surface area contributed by atoms with Gasteiger partial charge in [0.05, 0.1) is 5.69 Å². The summed E-state index contributed by atoms with van der Waals surface area (Å²) in [6, 6.07) is 8.45. The molecular formula is C20H23N3O2. The molecule has 0 amide bonds. The van der Waals surface area contributed by atoms with Gasteiger partial charge in [-0.1, -0.05) is 30.7 Å². The van der Waals surface area contributed by atoms with E-state index in [2.05, 4.69) is 45.7 Å². The summed E-state index contributed by atoms with van der Waals surface area (Å²) >= 11 is 0. The lowest BCUT2D eigenvalue weighted by Crippen LogP contribution is -2.02. The van der Waals surface area contributed by atoms with Crippen LogP contribution in [0.1, 0.15) is 31.2 Å². The molecule has 0 atom stereocenters. The Morgan fingerprint density at radius 2 is 2.12 bits per heavy atom. The summed E-state index contributed by atoms with van der Waals surface area (Å²) in [5.41, 5.74) is 3.63. The number of carbonyl (C=O) groups is 1. The van der Waals surface area contributed by atoms with Gasteiger partial charge in [-0.25, -0.2) is 9.78 Å². The number of carboxylic acids is 1. The van der Waals surface area contributed by atoms with Crippen LogP contribution in [-0.2, 0) is 11.3 Å². The minimum atomic E-state index is -0.877. The number of carboxylic acid groups (broad SMARTS) is 1. The van der Waals surface area contributed by atoms with Gasteiger partial charge < -0.3 is 14.7 Å². The van der Waals surface area contributed by atoms with Crippen molar-refractivity contribution in [1.82, 2.24) is 14.5 Å². The Labute approximate surface area is 147 Å². The largest absolute Gasteiger partial charge is 0.478 e. The Balaban J connectivity index is 1.74. The summed E-state index contributed by atoms with van der Waals surface area (Å²) < 4.78 is 2.34. The van der Waals surface area contributed by atoms with Gasteiger partial charge in [-0.3, -0.25) is 0 Å². The monoisotopic (exact) mass is 337 g/mol. The van der Waals surface area contributed by atoms with Crippen molar-refractivity contribution >= 4 is 16.9 Å². The first-order valence-electron chi connectivity index (χ1n) is 8.65. The fourth-order valence-corrected chi connectivity index (χ4v) is 3.30. The van der Waals surface area contributed by atoms with Gasteiger partial charge in [0.25, 0.3) is 0 Å². The highest BCUT2D eigenvalue weighted by molar-refractivity contribution is 5.90. The van der Waals surface area contributed by atoms with Gasteiger partial charge in [0, 0.05) is 35.9 Å². The molecule has 5 nitrogen and oxygen atoms in total. The zero-order valence-corrected chi connectivity index (χ0v) is 14.4. The second kappa shape index (κ2) is 7.83. The number of hydrogen-bond donors (Lipinski definition) is 2. The number of para-hydroxylation sites is 1. The standard InChI is InChI=1S/C20H23N3O2/c1-15-16-9-6-7-10-17(16)23(19(15)20-21-12-13-22-20)14-8-4-2-3-5-11-18(24)25/h5-7,9-13H,2-4,8,14H2,1H3,(H,21,22)(H,24,25). The van der Waals surface area contributed by atoms with Crippen LogP contribution in [0.3, 0.4) is 0 Å². The molecule has 0 saturated carbocycles. The first-order valence-corrected chi connectivity index (χ1v) is 8.65. The molecule has 3 aromatic rings. The number of allylic oxidation sites excluding steroid dienone is 1. The number of H-pyrrole nitrogens is 1. The van der Waals surface area contributed by atoms with Crippen LogP contribution in [0, 0.1) is 6.92 Å². The average molecular weight is 337 g/mol. The summed E-state index contributed by atoms with van der Waals surface area (Å²) in [6.45, 7) is 3.07. The van der Waals surface area contributed by atoms with E-state index in [4.69, 9.17) is 5.11 Å². The van der Waals surface area contributed by atoms with Crippen molar-refractivity contribution in [3.63, 3.8) is 0 Å². The maximum absolute atomic E-state index is 10.5. The smallest absolute Gasteiger partial charge is 0.327 e. The fourth-order valence-electron chi connectivity index (χ4n) is 3.30. The number of aromatic amines is 1. The minimum absolute atomic E-state index is 0.808. The molecule has 2 aromatic heterocycles. The number of aromatic nitrogens is 3. The number of fused-ring (bicyclic) bond motifs is 1. The van der Waals surface area contributed by atoms with Crippen molar-refractivity contribution in [1.29, 1.82) is 0 Å². The lowest BCUT2D eigenvalue weighted by Gasteiger charge is -2.10. The van der Waals surface area contributed by atoms with E-state index in [1.165, 1.54) is 22.5 Å². The minimum Gasteiger partial charge on any atom is -0.478 e. The molecule has 0 aliphatic carbocycles. The van der Waals surface area contributed by atoms with Gasteiger partial charge in [0.15, 0.2) is 5.82 Å². The van der Waals surface area contributed by atoms with Crippen molar-refractivity contribution in [3.05, 3.63) is 54.4 Å². The highest BCUT2D eigenvalue weighted by atomic mass is 16.4. The van der Waals surface area contributed by atoms with E-state index in [1.807, 2.05) is 6.20 Å². The maximum atomic E-state index is 10.5. The van der Waals surface area contributed by atoms with E-state index >= 15 is 0 Å². The first kappa shape index (κ1) is 17.0. The molecule has 130 valence electrons. The van der Waals surface area contributed by atoms with Crippen LogP contribution in [0.5, 0.6) is 0 Å². The normalized spacial score (nSPS) is 11.6. The number of rotatable bonds is 8. The van der Waals surface area contributed by atoms with E-state index in [-0.39, 0.29) is 0 Å². The number of aryl methyl sites for hydroxylation is 2. The number of aliphatic carboxylic acids is 1. The van der Waals surface area contributed by atoms with E-state index in [1.54, 1.807) is 12.3 Å². The SMILES string of the molecule is Cc1c(-c2ncc[nH]2)n(CCCCCC=CC(=O)O)c2ccccc12. The summed E-state index contributed by atoms with van der Waals surface area (Å²) in [7, 11) is 0. The van der Waals surface area contributed by atoms with Crippen LogP contribution < -0.4 is 0 Å². The number of imidazole rings is 1. The Kier molecular flexibility index (Phi) is 5.33. The lowest BCUT2D eigenvalue weighted by molar-refractivity contribution is -0.131. The molecule has 2 N–H and O–H groups in total. The molecule has 25 heavy (non-hydrogen) atoms. The number of unbranched alkanes of at least 4 members (excludes halogenated alkanes) is 3. The molecule has 5 heteroatoms. The maximum Gasteiger partial charge on any atom is 0.327 e. The van der Waals surface area contributed by atoms with Crippen LogP contribution in [0.15, 0.2) is 48.8 Å². The topological polar surface area (TPSA) is 70.9 Å². The summed E-state index contributed by atoms with van der Waals surface area (Å²) in [5, 5.41) is 9.85. The Morgan fingerprint density at radius 1 is 1.28 bits per heavy atom. The molecule has 0 radical (unpaired) electrons. The molecule has 0 saturated heterocycles.